The van der Waals surface area contributed by atoms with Gasteiger partial charge in [-0.05, 0) is 41.7 Å². The number of fused-ring (bicyclic) bond motifs is 2. The summed E-state index contributed by atoms with van der Waals surface area (Å²) in [6.07, 6.45) is 3.55. The van der Waals surface area contributed by atoms with Crippen molar-refractivity contribution >= 4 is 6.08 Å². The normalized spacial score (nSPS) is 20.5. The molecule has 0 radical (unpaired) electrons. The van der Waals surface area contributed by atoms with E-state index in [1.807, 2.05) is 18.2 Å². The molecule has 2 aromatic rings. The summed E-state index contributed by atoms with van der Waals surface area (Å²) in [6.45, 7) is 1.28. The SMILES string of the molecule is COC1=Cc2ccccc2C(OC)N1CC1OCCCc2cc(OC)c(OC)cc21. The minimum absolute atomic E-state index is 0.149. The molecular formula is C24H29NO5. The van der Waals surface area contributed by atoms with E-state index in [2.05, 4.69) is 29.2 Å². The topological polar surface area (TPSA) is 49.4 Å². The summed E-state index contributed by atoms with van der Waals surface area (Å²) in [6, 6.07) is 12.3. The molecule has 0 saturated heterocycles. The van der Waals surface area contributed by atoms with Gasteiger partial charge in [-0.3, -0.25) is 0 Å². The fourth-order valence-corrected chi connectivity index (χ4v) is 4.34. The number of benzene rings is 2. The molecule has 30 heavy (non-hydrogen) atoms. The molecule has 2 unspecified atom stereocenters. The second kappa shape index (κ2) is 8.98. The van der Waals surface area contributed by atoms with Gasteiger partial charge in [0.2, 0.25) is 0 Å². The highest BCUT2D eigenvalue weighted by atomic mass is 16.5. The van der Waals surface area contributed by atoms with Crippen molar-refractivity contribution < 1.29 is 23.7 Å². The Hall–Kier alpha value is -2.70. The molecule has 6 heteroatoms. The summed E-state index contributed by atoms with van der Waals surface area (Å²) in [4.78, 5) is 2.12. The number of rotatable bonds is 6. The Morgan fingerprint density at radius 3 is 2.47 bits per heavy atom. The zero-order valence-corrected chi connectivity index (χ0v) is 18.0. The Balaban J connectivity index is 1.72. The van der Waals surface area contributed by atoms with Gasteiger partial charge in [0.05, 0.1) is 27.9 Å². The van der Waals surface area contributed by atoms with E-state index in [0.29, 0.717) is 18.9 Å². The summed E-state index contributed by atoms with van der Waals surface area (Å²) in [5.74, 6) is 2.22. The van der Waals surface area contributed by atoms with Crippen LogP contribution in [0.1, 0.15) is 41.0 Å². The van der Waals surface area contributed by atoms with Crippen LogP contribution in [0.5, 0.6) is 11.5 Å². The summed E-state index contributed by atoms with van der Waals surface area (Å²) < 4.78 is 29.0. The maximum absolute atomic E-state index is 6.30. The largest absolute Gasteiger partial charge is 0.493 e. The highest BCUT2D eigenvalue weighted by Gasteiger charge is 2.33. The number of nitrogens with zero attached hydrogens (tertiary/aromatic N) is 1. The second-order valence-electron chi connectivity index (χ2n) is 7.43. The van der Waals surface area contributed by atoms with E-state index in [9.17, 15) is 0 Å². The molecule has 6 nitrogen and oxygen atoms in total. The quantitative estimate of drug-likeness (QED) is 0.706. The van der Waals surface area contributed by atoms with Crippen molar-refractivity contribution in [3.05, 3.63) is 64.5 Å². The first-order chi connectivity index (χ1) is 14.7. The molecule has 0 amide bonds. The molecule has 0 fully saturated rings. The van der Waals surface area contributed by atoms with Crippen LogP contribution >= 0.6 is 0 Å². The molecule has 160 valence electrons. The van der Waals surface area contributed by atoms with Crippen LogP contribution in [0.2, 0.25) is 0 Å². The first-order valence-corrected chi connectivity index (χ1v) is 10.2. The van der Waals surface area contributed by atoms with Crippen LogP contribution in [0.3, 0.4) is 0 Å². The van der Waals surface area contributed by atoms with Gasteiger partial charge < -0.3 is 28.6 Å². The van der Waals surface area contributed by atoms with Gasteiger partial charge >= 0.3 is 0 Å². The summed E-state index contributed by atoms with van der Waals surface area (Å²) in [7, 11) is 6.74. The van der Waals surface area contributed by atoms with Crippen molar-refractivity contribution in [2.24, 2.45) is 0 Å². The van der Waals surface area contributed by atoms with Gasteiger partial charge in [-0.15, -0.1) is 0 Å². The number of ether oxygens (including phenoxy) is 5. The zero-order valence-electron chi connectivity index (χ0n) is 18.0. The molecule has 2 atom stereocenters. The van der Waals surface area contributed by atoms with Crippen LogP contribution in [0.4, 0.5) is 0 Å². The fraction of sp³-hybridized carbons (Fsp3) is 0.417. The van der Waals surface area contributed by atoms with Gasteiger partial charge in [-0.1, -0.05) is 24.3 Å². The van der Waals surface area contributed by atoms with E-state index in [1.54, 1.807) is 28.4 Å². The first-order valence-electron chi connectivity index (χ1n) is 10.2. The maximum atomic E-state index is 6.30. The molecule has 2 aliphatic heterocycles. The molecule has 2 aromatic carbocycles. The van der Waals surface area contributed by atoms with E-state index in [0.717, 1.165) is 41.2 Å². The van der Waals surface area contributed by atoms with Crippen molar-refractivity contribution in [1.82, 2.24) is 4.90 Å². The third-order valence-electron chi connectivity index (χ3n) is 5.80. The third-order valence-corrected chi connectivity index (χ3v) is 5.80. The lowest BCUT2D eigenvalue weighted by molar-refractivity contribution is -0.0744. The van der Waals surface area contributed by atoms with Crippen LogP contribution < -0.4 is 9.47 Å². The van der Waals surface area contributed by atoms with Gasteiger partial charge in [0.25, 0.3) is 0 Å². The highest BCUT2D eigenvalue weighted by Crippen LogP contribution is 2.40. The monoisotopic (exact) mass is 411 g/mol. The van der Waals surface area contributed by atoms with Crippen LogP contribution in [0.25, 0.3) is 6.08 Å². The standard InChI is InChI=1S/C24H29NO5/c1-26-20-12-16-9-7-11-30-22(19(16)14-21(20)27-2)15-25-23(28-3)13-17-8-5-6-10-18(17)24(25)29-4/h5-6,8,10,12-14,22,24H,7,9,11,15H2,1-4H3. The Labute approximate surface area is 177 Å². The van der Waals surface area contributed by atoms with E-state index in [-0.39, 0.29) is 12.3 Å². The smallest absolute Gasteiger partial charge is 0.192 e. The zero-order chi connectivity index (χ0) is 21.1. The number of hydrogen-bond donors (Lipinski definition) is 0. The molecule has 2 heterocycles. The average molecular weight is 411 g/mol. The van der Waals surface area contributed by atoms with Crippen molar-refractivity contribution in [3.8, 4) is 11.5 Å². The minimum atomic E-state index is -0.253. The lowest BCUT2D eigenvalue weighted by atomic mass is 9.97. The Bertz CT molecular complexity index is 926. The number of aryl methyl sites for hydroxylation is 1. The molecule has 0 N–H and O–H groups in total. The van der Waals surface area contributed by atoms with E-state index in [4.69, 9.17) is 23.7 Å². The second-order valence-corrected chi connectivity index (χ2v) is 7.43. The highest BCUT2D eigenvalue weighted by molar-refractivity contribution is 5.58. The van der Waals surface area contributed by atoms with Gasteiger partial charge in [-0.25, -0.2) is 0 Å². The Morgan fingerprint density at radius 1 is 0.967 bits per heavy atom. The van der Waals surface area contributed by atoms with Gasteiger partial charge in [0, 0.05) is 25.4 Å². The van der Waals surface area contributed by atoms with Crippen molar-refractivity contribution in [1.29, 1.82) is 0 Å². The van der Waals surface area contributed by atoms with Gasteiger partial charge in [-0.2, -0.15) is 0 Å². The average Bonchev–Trinajstić information content (AvgIpc) is 2.99. The van der Waals surface area contributed by atoms with E-state index >= 15 is 0 Å². The molecule has 0 aromatic heterocycles. The summed E-state index contributed by atoms with van der Waals surface area (Å²) >= 11 is 0. The fourth-order valence-electron chi connectivity index (χ4n) is 4.34. The van der Waals surface area contributed by atoms with E-state index in [1.165, 1.54) is 5.56 Å². The van der Waals surface area contributed by atoms with Crippen LogP contribution in [-0.4, -0.2) is 46.5 Å². The Kier molecular flexibility index (Phi) is 6.16. The van der Waals surface area contributed by atoms with Crippen LogP contribution in [0.15, 0.2) is 42.3 Å². The predicted molar refractivity (Wildman–Crippen MR) is 114 cm³/mol. The first kappa shape index (κ1) is 20.6. The molecule has 4 rings (SSSR count). The maximum Gasteiger partial charge on any atom is 0.192 e. The lowest BCUT2D eigenvalue weighted by Gasteiger charge is -2.39. The van der Waals surface area contributed by atoms with Crippen LogP contribution in [-0.2, 0) is 20.6 Å². The van der Waals surface area contributed by atoms with Crippen LogP contribution in [0, 0.1) is 0 Å². The van der Waals surface area contributed by atoms with Crippen molar-refractivity contribution in [2.45, 2.75) is 25.2 Å². The molecule has 0 aliphatic carbocycles. The third kappa shape index (κ3) is 3.73. The molecular weight excluding hydrogens is 382 g/mol. The molecule has 2 aliphatic rings. The van der Waals surface area contributed by atoms with Crippen molar-refractivity contribution in [2.75, 3.05) is 41.6 Å². The summed E-state index contributed by atoms with van der Waals surface area (Å²) in [5.41, 5.74) is 4.56. The summed E-state index contributed by atoms with van der Waals surface area (Å²) in [5, 5.41) is 0. The number of methoxy groups -OCH3 is 4. The molecule has 0 spiro atoms. The van der Waals surface area contributed by atoms with Gasteiger partial charge in [0.15, 0.2) is 23.6 Å². The lowest BCUT2D eigenvalue weighted by Crippen LogP contribution is -2.37. The number of hydrogen-bond acceptors (Lipinski definition) is 6. The molecule has 0 bridgehead atoms. The molecule has 0 saturated carbocycles. The predicted octanol–water partition coefficient (Wildman–Crippen LogP) is 4.31. The van der Waals surface area contributed by atoms with Gasteiger partial charge in [0.1, 0.15) is 6.10 Å². The minimum Gasteiger partial charge on any atom is -0.493 e. The Morgan fingerprint density at radius 2 is 1.73 bits per heavy atom. The van der Waals surface area contributed by atoms with Crippen molar-refractivity contribution in [3.63, 3.8) is 0 Å². The van der Waals surface area contributed by atoms with E-state index < -0.39 is 0 Å².